The Hall–Kier alpha value is -0.350. The lowest BCUT2D eigenvalue weighted by molar-refractivity contribution is 0.180. The van der Waals surface area contributed by atoms with E-state index in [2.05, 4.69) is 24.5 Å². The van der Waals surface area contributed by atoms with E-state index in [1.165, 1.54) is 0 Å². The molecule has 1 fully saturated rings. The molecular weight excluding hydrogens is 196 g/mol. The van der Waals surface area contributed by atoms with Crippen LogP contribution in [0, 0.1) is 5.92 Å². The lowest BCUT2D eigenvalue weighted by Crippen LogP contribution is -2.44. The summed E-state index contributed by atoms with van der Waals surface area (Å²) in [6.45, 7) is 7.00. The molecule has 4 heteroatoms. The van der Waals surface area contributed by atoms with E-state index in [-0.39, 0.29) is 0 Å². The van der Waals surface area contributed by atoms with Gasteiger partial charge in [-0.3, -0.25) is 0 Å². The van der Waals surface area contributed by atoms with Gasteiger partial charge in [0.15, 0.2) is 5.11 Å². The highest BCUT2D eigenvalue weighted by Gasteiger charge is 2.22. The molecule has 0 aromatic carbocycles. The summed E-state index contributed by atoms with van der Waals surface area (Å²) in [7, 11) is 0. The highest BCUT2D eigenvalue weighted by Crippen LogP contribution is 2.15. The molecule has 0 bridgehead atoms. The number of thiocarbonyl (C=S) groups is 1. The summed E-state index contributed by atoms with van der Waals surface area (Å²) in [5.41, 5.74) is 0. The Balaban J connectivity index is 2.18. The quantitative estimate of drug-likeness (QED) is 0.694. The van der Waals surface area contributed by atoms with E-state index in [1.54, 1.807) is 0 Å². The molecule has 0 aromatic rings. The highest BCUT2D eigenvalue weighted by molar-refractivity contribution is 7.80. The van der Waals surface area contributed by atoms with Crippen LogP contribution in [-0.2, 0) is 4.74 Å². The third-order valence-electron chi connectivity index (χ3n) is 2.57. The third kappa shape index (κ3) is 3.80. The van der Waals surface area contributed by atoms with Crippen molar-refractivity contribution in [3.63, 3.8) is 0 Å². The van der Waals surface area contributed by atoms with Crippen LogP contribution in [0.25, 0.3) is 0 Å². The summed E-state index contributed by atoms with van der Waals surface area (Å²) in [5.74, 6) is 0.608. The maximum absolute atomic E-state index is 5.34. The van der Waals surface area contributed by atoms with Gasteiger partial charge in [-0.05, 0) is 32.0 Å². The minimum Gasteiger partial charge on any atom is -0.381 e. The predicted molar refractivity (Wildman–Crippen MR) is 62.4 cm³/mol. The Morgan fingerprint density at radius 1 is 1.64 bits per heavy atom. The van der Waals surface area contributed by atoms with Crippen molar-refractivity contribution >= 4 is 17.3 Å². The third-order valence-corrected chi connectivity index (χ3v) is 2.83. The van der Waals surface area contributed by atoms with Gasteiger partial charge in [0.25, 0.3) is 0 Å². The molecule has 0 spiro atoms. The van der Waals surface area contributed by atoms with Gasteiger partial charge < -0.3 is 15.4 Å². The highest BCUT2D eigenvalue weighted by atomic mass is 32.1. The summed E-state index contributed by atoms with van der Waals surface area (Å²) in [6, 6.07) is 0.411. The zero-order valence-corrected chi connectivity index (χ0v) is 9.82. The fraction of sp³-hybridized carbons (Fsp3) is 0.900. The standard InChI is InChI=1S/C10H20N2OS/c1-3-5-11-10(14)12-8(2)9-4-6-13-7-9/h8-9H,3-7H2,1-2H3,(H2,11,12,14). The van der Waals surface area contributed by atoms with Gasteiger partial charge in [0.2, 0.25) is 0 Å². The molecule has 1 rings (SSSR count). The van der Waals surface area contributed by atoms with Crippen LogP contribution in [0.4, 0.5) is 0 Å². The minimum atomic E-state index is 0.411. The van der Waals surface area contributed by atoms with Gasteiger partial charge >= 0.3 is 0 Å². The van der Waals surface area contributed by atoms with Gasteiger partial charge in [-0.1, -0.05) is 6.92 Å². The Kier molecular flexibility index (Phi) is 5.19. The molecule has 1 saturated heterocycles. The average Bonchev–Trinajstić information content (AvgIpc) is 2.67. The summed E-state index contributed by atoms with van der Waals surface area (Å²) in [4.78, 5) is 0. The van der Waals surface area contributed by atoms with Crippen LogP contribution in [0.2, 0.25) is 0 Å². The Morgan fingerprint density at radius 3 is 3.00 bits per heavy atom. The van der Waals surface area contributed by atoms with E-state index < -0.39 is 0 Å². The van der Waals surface area contributed by atoms with Crippen LogP contribution < -0.4 is 10.6 Å². The predicted octanol–water partition coefficient (Wildman–Crippen LogP) is 1.29. The number of nitrogens with one attached hydrogen (secondary N) is 2. The average molecular weight is 216 g/mol. The molecule has 0 saturated carbocycles. The monoisotopic (exact) mass is 216 g/mol. The second-order valence-electron chi connectivity index (χ2n) is 3.81. The van der Waals surface area contributed by atoms with Crippen molar-refractivity contribution in [2.45, 2.75) is 32.7 Å². The van der Waals surface area contributed by atoms with Gasteiger partial charge in [0.05, 0.1) is 6.61 Å². The number of ether oxygens (including phenoxy) is 1. The van der Waals surface area contributed by atoms with Gasteiger partial charge in [-0.15, -0.1) is 0 Å². The van der Waals surface area contributed by atoms with Crippen molar-refractivity contribution in [3.05, 3.63) is 0 Å². The second kappa shape index (κ2) is 6.19. The van der Waals surface area contributed by atoms with Crippen molar-refractivity contribution in [3.8, 4) is 0 Å². The van der Waals surface area contributed by atoms with E-state index >= 15 is 0 Å². The Morgan fingerprint density at radius 2 is 2.43 bits per heavy atom. The second-order valence-corrected chi connectivity index (χ2v) is 4.22. The number of hydrogen-bond acceptors (Lipinski definition) is 2. The normalized spacial score (nSPS) is 23.1. The lowest BCUT2D eigenvalue weighted by Gasteiger charge is -2.21. The van der Waals surface area contributed by atoms with Crippen LogP contribution in [0.1, 0.15) is 26.7 Å². The topological polar surface area (TPSA) is 33.3 Å². The Bertz CT molecular complexity index is 181. The minimum absolute atomic E-state index is 0.411. The number of hydrogen-bond donors (Lipinski definition) is 2. The molecular formula is C10H20N2OS. The molecule has 14 heavy (non-hydrogen) atoms. The molecule has 1 aliphatic rings. The van der Waals surface area contributed by atoms with Gasteiger partial charge in [0.1, 0.15) is 0 Å². The fourth-order valence-corrected chi connectivity index (χ4v) is 1.85. The molecule has 2 atom stereocenters. The number of rotatable bonds is 4. The van der Waals surface area contributed by atoms with Crippen molar-refractivity contribution in [2.24, 2.45) is 5.92 Å². The van der Waals surface area contributed by atoms with Crippen LogP contribution >= 0.6 is 12.2 Å². The first-order chi connectivity index (χ1) is 6.74. The SMILES string of the molecule is CCCNC(=S)NC(C)C1CCOC1. The van der Waals surface area contributed by atoms with Crippen molar-refractivity contribution in [1.82, 2.24) is 10.6 Å². The fourth-order valence-electron chi connectivity index (χ4n) is 1.56. The molecule has 0 amide bonds. The van der Waals surface area contributed by atoms with E-state index in [9.17, 15) is 0 Å². The molecule has 2 N–H and O–H groups in total. The summed E-state index contributed by atoms with van der Waals surface area (Å²) in [5, 5.41) is 7.23. The first-order valence-corrected chi connectivity index (χ1v) is 5.77. The summed E-state index contributed by atoms with van der Waals surface area (Å²) < 4.78 is 5.34. The molecule has 2 unspecified atom stereocenters. The maximum Gasteiger partial charge on any atom is 0.166 e. The maximum atomic E-state index is 5.34. The molecule has 0 aromatic heterocycles. The van der Waals surface area contributed by atoms with Crippen LogP contribution in [0.5, 0.6) is 0 Å². The van der Waals surface area contributed by atoms with Crippen LogP contribution in [0.3, 0.4) is 0 Å². The molecule has 0 radical (unpaired) electrons. The van der Waals surface area contributed by atoms with Crippen molar-refractivity contribution in [2.75, 3.05) is 19.8 Å². The molecule has 0 aliphatic carbocycles. The largest absolute Gasteiger partial charge is 0.381 e. The van der Waals surface area contributed by atoms with Gasteiger partial charge in [-0.25, -0.2) is 0 Å². The van der Waals surface area contributed by atoms with Crippen LogP contribution in [0.15, 0.2) is 0 Å². The Labute approximate surface area is 91.6 Å². The zero-order valence-electron chi connectivity index (χ0n) is 9.01. The molecule has 82 valence electrons. The lowest BCUT2D eigenvalue weighted by atomic mass is 10.0. The van der Waals surface area contributed by atoms with Gasteiger partial charge in [0, 0.05) is 25.1 Å². The first kappa shape index (κ1) is 11.7. The van der Waals surface area contributed by atoms with Crippen LogP contribution in [-0.4, -0.2) is 30.9 Å². The zero-order chi connectivity index (χ0) is 10.4. The van der Waals surface area contributed by atoms with E-state index in [1.807, 2.05) is 0 Å². The molecule has 1 aliphatic heterocycles. The van der Waals surface area contributed by atoms with E-state index in [0.29, 0.717) is 12.0 Å². The van der Waals surface area contributed by atoms with Crippen molar-refractivity contribution in [1.29, 1.82) is 0 Å². The molecule has 3 nitrogen and oxygen atoms in total. The van der Waals surface area contributed by atoms with E-state index in [4.69, 9.17) is 17.0 Å². The van der Waals surface area contributed by atoms with E-state index in [0.717, 1.165) is 37.7 Å². The van der Waals surface area contributed by atoms with Crippen molar-refractivity contribution < 1.29 is 4.74 Å². The molecule has 1 heterocycles. The first-order valence-electron chi connectivity index (χ1n) is 5.36. The smallest absolute Gasteiger partial charge is 0.166 e. The van der Waals surface area contributed by atoms with Gasteiger partial charge in [-0.2, -0.15) is 0 Å². The summed E-state index contributed by atoms with van der Waals surface area (Å²) in [6.07, 6.45) is 2.24. The summed E-state index contributed by atoms with van der Waals surface area (Å²) >= 11 is 5.17.